The van der Waals surface area contributed by atoms with Gasteiger partial charge in [0, 0.05) is 27.8 Å². The Labute approximate surface area is 776 Å². The number of ether oxygens (including phenoxy) is 16. The van der Waals surface area contributed by atoms with Crippen LogP contribution < -0.4 is 0 Å². The highest BCUT2D eigenvalue weighted by Gasteiger charge is 2.56. The first-order chi connectivity index (χ1) is 60.7. The van der Waals surface area contributed by atoms with Crippen molar-refractivity contribution in [3.8, 4) is 0 Å². The summed E-state index contributed by atoms with van der Waals surface area (Å²) in [5.74, 6) is 8.02. The van der Waals surface area contributed by atoms with Gasteiger partial charge in [-0.05, 0) is 361 Å². The molecule has 129 heavy (non-hydrogen) atoms. The highest BCUT2D eigenvalue weighted by molar-refractivity contribution is 5.79. The zero-order valence-corrected chi connectivity index (χ0v) is 85.1. The van der Waals surface area contributed by atoms with Crippen molar-refractivity contribution in [3.63, 3.8) is 0 Å². The van der Waals surface area contributed by atoms with E-state index in [1.54, 1.807) is 7.11 Å². The van der Waals surface area contributed by atoms with Gasteiger partial charge in [-0.2, -0.15) is 0 Å². The van der Waals surface area contributed by atoms with Gasteiger partial charge in [-0.3, -0.25) is 47.9 Å². The Morgan fingerprint density at radius 3 is 1.05 bits per heavy atom. The van der Waals surface area contributed by atoms with Gasteiger partial charge in [0.25, 0.3) is 0 Å². The number of carbonyl (C=O) groups excluding carboxylic acids is 10. The maximum Gasteiger partial charge on any atom is 0.313 e. The van der Waals surface area contributed by atoms with Gasteiger partial charge in [-0.1, -0.05) is 67.7 Å². The summed E-state index contributed by atoms with van der Waals surface area (Å²) < 4.78 is 82.9. The molecule has 26 heteroatoms. The van der Waals surface area contributed by atoms with E-state index in [0.717, 1.165) is 175 Å². The maximum absolute atomic E-state index is 12.2. The van der Waals surface area contributed by atoms with Gasteiger partial charge in [0.1, 0.15) is 12.2 Å². The van der Waals surface area contributed by atoms with Crippen LogP contribution in [0.15, 0.2) is 0 Å². The molecule has 0 amide bonds. The van der Waals surface area contributed by atoms with Crippen LogP contribution in [0.2, 0.25) is 0 Å². The topological polar surface area (TPSA) is 318 Å². The fraction of sp³-hybridized carbons (Fsp3) is 0.903. The molecule has 12 aliphatic carbocycles. The van der Waals surface area contributed by atoms with Gasteiger partial charge in [-0.15, -0.1) is 0 Å². The summed E-state index contributed by atoms with van der Waals surface area (Å²) in [7, 11) is 7.37. The SMILES string of the molecule is CC(C)OCOC(=O)C1CC2C3CCC(C3)C2C1.CCC(C)(C)C(=O)OC.CCC(C)(C)C(=O)OC.CCC(C)(C)C(=O)OC(C)OC1CCCCC1.CCC(C)(C)C(=O)OC1CC2CC1CC2C(=O)OCOC.CCC(C)(C)C(=O)OC1CCC(C(=O)OCOC)CC1.CCC(OC(=O)C(C)(C)CC)OC1CC2CCC1C2.COCOC(=O)C1CC2C3CCC(C3)C2C1. The van der Waals surface area contributed by atoms with Crippen LogP contribution in [-0.2, 0) is 124 Å². The molecule has 12 rings (SSSR count). The van der Waals surface area contributed by atoms with E-state index in [-0.39, 0.29) is 158 Å². The second-order valence-electron chi connectivity index (χ2n) is 43.1. The third-order valence-electron chi connectivity index (χ3n) is 31.4. The van der Waals surface area contributed by atoms with Crippen LogP contribution in [0.4, 0.5) is 0 Å². The van der Waals surface area contributed by atoms with Crippen LogP contribution in [0.5, 0.6) is 0 Å². The third-order valence-corrected chi connectivity index (χ3v) is 31.4. The molecule has 8 bridgehead atoms. The molecule has 12 fully saturated rings. The van der Waals surface area contributed by atoms with E-state index in [2.05, 4.69) is 9.47 Å². The highest BCUT2D eigenvalue weighted by Crippen LogP contribution is 2.62. The first-order valence-corrected chi connectivity index (χ1v) is 49.8. The van der Waals surface area contributed by atoms with Crippen molar-refractivity contribution < 1.29 is 124 Å². The van der Waals surface area contributed by atoms with Crippen molar-refractivity contribution in [2.75, 3.05) is 62.7 Å². The number of carbonyl (C=O) groups is 10. The second kappa shape index (κ2) is 54.3. The molecular formula is C103H178O26. The Morgan fingerprint density at radius 2 is 0.690 bits per heavy atom. The lowest BCUT2D eigenvalue weighted by Crippen LogP contribution is -2.35. The summed E-state index contributed by atoms with van der Waals surface area (Å²) in [6, 6.07) is 0. The molecule has 0 aromatic carbocycles. The molecule has 0 spiro atoms. The number of hydrogen-bond donors (Lipinski definition) is 0. The fourth-order valence-corrected chi connectivity index (χ4v) is 20.4. The summed E-state index contributed by atoms with van der Waals surface area (Å²) in [4.78, 5) is 117. The monoisotopic (exact) mass is 1830 g/mol. The highest BCUT2D eigenvalue weighted by atomic mass is 16.7. The largest absolute Gasteiger partial charge is 0.469 e. The van der Waals surface area contributed by atoms with Crippen LogP contribution in [0.25, 0.3) is 0 Å². The predicted octanol–water partition coefficient (Wildman–Crippen LogP) is 21.1. The molecule has 12 aliphatic rings. The van der Waals surface area contributed by atoms with E-state index in [4.69, 9.17) is 66.3 Å². The lowest BCUT2D eigenvalue weighted by molar-refractivity contribution is -0.204. The van der Waals surface area contributed by atoms with Gasteiger partial charge >= 0.3 is 59.7 Å². The molecule has 0 aliphatic heterocycles. The van der Waals surface area contributed by atoms with Crippen molar-refractivity contribution in [2.24, 2.45) is 127 Å². The lowest BCUT2D eigenvalue weighted by Gasteiger charge is -2.30. The van der Waals surface area contributed by atoms with Crippen LogP contribution in [0.1, 0.15) is 364 Å². The second-order valence-corrected chi connectivity index (χ2v) is 43.1. The molecule has 17 atom stereocenters. The van der Waals surface area contributed by atoms with Crippen molar-refractivity contribution in [1.29, 1.82) is 0 Å². The Kier molecular flexibility index (Phi) is 47.9. The van der Waals surface area contributed by atoms with Gasteiger partial charge < -0.3 is 75.8 Å². The van der Waals surface area contributed by atoms with E-state index >= 15 is 0 Å². The Morgan fingerprint density at radius 1 is 0.310 bits per heavy atom. The summed E-state index contributed by atoms with van der Waals surface area (Å²) in [6.45, 7) is 42.7. The summed E-state index contributed by atoms with van der Waals surface area (Å²) in [6.07, 6.45) is 34.5. The average molecular weight is 1830 g/mol. The minimum Gasteiger partial charge on any atom is -0.469 e. The first kappa shape index (κ1) is 114. The number of hydrogen-bond acceptors (Lipinski definition) is 26. The number of esters is 10. The standard InChI is InChI=1S/C16H26O5.C16H28O3.C15H26O5.C15H24O3.C14H26O3.C13H20O3.2C7H14O2/c1-5-16(2,3)15(18)21-13-8-10-6-11(13)7-12(10)14(17)20-9-19-4;1-5-14(19-15(17)16(3,4)6-2)18-13-10-11-7-8-12(13)9-11;1-5-15(2,3)14(17)20-12-8-6-11(7-9-12)13(16)19-10-18-4;1-9(2)17-8-18-15(16)12-6-13-10-3-4-11(5-10)14(13)7-12;1-5-14(3,4)13(15)17-11(2)16-12-9-7-6-8-10-12;1-15-7-16-13(14)10-5-11-8-2-3-9(4-8)12(11)6-10;2*1-5-7(2,3)6(8)9-4/h10-13H,5-9H2,1-4H3;11-14H,5-10H2,1-4H3;11-12H,5-10H2,1-4H3;9-14H,3-8H2,1-2H3;11-12H,5-10H2,1-4H3;8-12H,2-7H2,1H3;2*5H2,1-4H3. The zero-order valence-electron chi connectivity index (χ0n) is 85.1. The van der Waals surface area contributed by atoms with Crippen molar-refractivity contribution in [1.82, 2.24) is 0 Å². The quantitative estimate of drug-likeness (QED) is 0.0328. The number of fused-ring (bicyclic) bond motifs is 14. The normalized spacial score (nSPS) is 28.8. The third kappa shape index (κ3) is 35.0. The molecule has 0 saturated heterocycles. The number of methoxy groups -OCH3 is 5. The minimum absolute atomic E-state index is 0.00155. The average Bonchev–Trinajstić information content (AvgIpc) is 1.59. The molecule has 0 N–H and O–H groups in total. The number of rotatable bonds is 34. The smallest absolute Gasteiger partial charge is 0.313 e. The van der Waals surface area contributed by atoms with Gasteiger partial charge in [0.2, 0.25) is 6.29 Å². The lowest BCUT2D eigenvalue weighted by atomic mass is 9.82. The Hall–Kier alpha value is -5.54. The van der Waals surface area contributed by atoms with E-state index < -0.39 is 27.9 Å². The predicted molar refractivity (Wildman–Crippen MR) is 491 cm³/mol. The molecule has 12 saturated carbocycles. The maximum atomic E-state index is 12.2. The molecule has 746 valence electrons. The van der Waals surface area contributed by atoms with Crippen LogP contribution in [-0.4, -0.2) is 166 Å². The van der Waals surface area contributed by atoms with Crippen LogP contribution >= 0.6 is 0 Å². The van der Waals surface area contributed by atoms with Crippen LogP contribution in [0, 0.1) is 127 Å². The van der Waals surface area contributed by atoms with E-state index in [1.165, 1.54) is 105 Å². The summed E-state index contributed by atoms with van der Waals surface area (Å²) in [5.41, 5.74) is -2.31. The van der Waals surface area contributed by atoms with Crippen molar-refractivity contribution in [2.45, 2.75) is 407 Å². The van der Waals surface area contributed by atoms with E-state index in [1.807, 2.05) is 152 Å². The zero-order chi connectivity index (χ0) is 96.5. The van der Waals surface area contributed by atoms with Gasteiger partial charge in [0.15, 0.2) is 33.5 Å². The van der Waals surface area contributed by atoms with E-state index in [9.17, 15) is 47.9 Å². The molecule has 0 heterocycles. The minimum atomic E-state index is -0.436. The molecule has 0 radical (unpaired) electrons. The van der Waals surface area contributed by atoms with Gasteiger partial charge in [0.05, 0.1) is 88.7 Å². The van der Waals surface area contributed by atoms with Crippen molar-refractivity contribution >= 4 is 59.7 Å². The van der Waals surface area contributed by atoms with Gasteiger partial charge in [-0.25, -0.2) is 0 Å². The molecule has 0 aromatic rings. The van der Waals surface area contributed by atoms with E-state index in [0.29, 0.717) is 30.8 Å². The van der Waals surface area contributed by atoms with Crippen LogP contribution in [0.3, 0.4) is 0 Å². The fourth-order valence-electron chi connectivity index (χ4n) is 20.4. The Bertz CT molecular complexity index is 3340. The molecular weight excluding hydrogens is 1650 g/mol. The molecule has 26 nitrogen and oxygen atoms in total. The summed E-state index contributed by atoms with van der Waals surface area (Å²) >= 11 is 0. The van der Waals surface area contributed by atoms with Crippen molar-refractivity contribution in [3.05, 3.63) is 0 Å². The summed E-state index contributed by atoms with van der Waals surface area (Å²) in [5, 5.41) is 0. The first-order valence-electron chi connectivity index (χ1n) is 49.8. The Balaban J connectivity index is 0.000000265. The molecule has 0 aromatic heterocycles. The molecule has 17 unspecified atom stereocenters.